The van der Waals surface area contributed by atoms with Gasteiger partial charge >= 0.3 is 0 Å². The van der Waals surface area contributed by atoms with Gasteiger partial charge in [0.25, 0.3) is 0 Å². The molecule has 104 valence electrons. The summed E-state index contributed by atoms with van der Waals surface area (Å²) in [5, 5.41) is 10.2. The predicted octanol–water partition coefficient (Wildman–Crippen LogP) is 2.57. The van der Waals surface area contributed by atoms with E-state index in [4.69, 9.17) is 10.1 Å². The van der Waals surface area contributed by atoms with Crippen LogP contribution in [0.2, 0.25) is 0 Å². The summed E-state index contributed by atoms with van der Waals surface area (Å²) in [4.78, 5) is 5.76. The van der Waals surface area contributed by atoms with Crippen molar-refractivity contribution in [1.29, 1.82) is 0 Å². The van der Waals surface area contributed by atoms with E-state index >= 15 is 0 Å². The van der Waals surface area contributed by atoms with Crippen molar-refractivity contribution in [3.8, 4) is 5.82 Å². The Morgan fingerprint density at radius 1 is 1.40 bits per heavy atom. The summed E-state index contributed by atoms with van der Waals surface area (Å²) in [6.45, 7) is 3.87. The van der Waals surface area contributed by atoms with Crippen molar-refractivity contribution < 1.29 is 0 Å². The maximum atomic E-state index is 4.73. The highest BCUT2D eigenvalue weighted by atomic mass is 32.1. The second-order valence-corrected chi connectivity index (χ2v) is 6.05. The number of aromatic nitrogens is 4. The molecular weight excluding hydrogens is 270 g/mol. The fraction of sp³-hybridized carbons (Fsp3) is 0.429. The molecule has 0 radical (unpaired) electrons. The van der Waals surface area contributed by atoms with Crippen molar-refractivity contribution in [3.05, 3.63) is 35.2 Å². The lowest BCUT2D eigenvalue weighted by atomic mass is 10.3. The lowest BCUT2D eigenvalue weighted by molar-refractivity contribution is 0.693. The molecule has 0 atom stereocenters. The van der Waals surface area contributed by atoms with E-state index < -0.39 is 0 Å². The maximum Gasteiger partial charge on any atom is 0.196 e. The minimum atomic E-state index is 0.678. The molecule has 0 unspecified atom stereocenters. The van der Waals surface area contributed by atoms with E-state index in [9.17, 15) is 0 Å². The Labute approximate surface area is 121 Å². The van der Waals surface area contributed by atoms with E-state index in [0.717, 1.165) is 23.9 Å². The Balaban J connectivity index is 1.77. The zero-order valence-corrected chi connectivity index (χ0v) is 12.2. The van der Waals surface area contributed by atoms with Crippen LogP contribution in [-0.4, -0.2) is 25.7 Å². The molecule has 1 saturated carbocycles. The van der Waals surface area contributed by atoms with Gasteiger partial charge in [-0.15, -0.1) is 11.3 Å². The van der Waals surface area contributed by atoms with Crippen molar-refractivity contribution in [2.24, 2.45) is 0 Å². The second-order valence-electron chi connectivity index (χ2n) is 5.18. The Morgan fingerprint density at radius 3 is 3.10 bits per heavy atom. The zero-order chi connectivity index (χ0) is 13.5. The van der Waals surface area contributed by atoms with E-state index in [-0.39, 0.29) is 0 Å². The SMILES string of the molecule is CCNCc1c(-n2ccc(C3CC3)n2)nc2sccn12. The van der Waals surface area contributed by atoms with Crippen LogP contribution in [0, 0.1) is 0 Å². The summed E-state index contributed by atoms with van der Waals surface area (Å²) in [7, 11) is 0. The van der Waals surface area contributed by atoms with Crippen molar-refractivity contribution in [2.75, 3.05) is 6.54 Å². The third kappa shape index (κ3) is 1.96. The maximum absolute atomic E-state index is 4.73. The summed E-state index contributed by atoms with van der Waals surface area (Å²) < 4.78 is 4.08. The second kappa shape index (κ2) is 4.71. The molecular formula is C14H17N5S. The number of nitrogens with zero attached hydrogens (tertiary/aromatic N) is 4. The molecule has 5 nitrogen and oxygen atoms in total. The Hall–Kier alpha value is -1.66. The summed E-state index contributed by atoms with van der Waals surface area (Å²) in [6, 6.07) is 2.13. The summed E-state index contributed by atoms with van der Waals surface area (Å²) in [5.41, 5.74) is 2.38. The number of hydrogen-bond donors (Lipinski definition) is 1. The number of thiazole rings is 1. The average molecular weight is 287 g/mol. The van der Waals surface area contributed by atoms with Gasteiger partial charge in [0.15, 0.2) is 10.8 Å². The van der Waals surface area contributed by atoms with E-state index in [2.05, 4.69) is 34.3 Å². The third-order valence-electron chi connectivity index (χ3n) is 3.70. The van der Waals surface area contributed by atoms with Gasteiger partial charge in [-0.25, -0.2) is 4.68 Å². The number of fused-ring (bicyclic) bond motifs is 1. The minimum absolute atomic E-state index is 0.678. The van der Waals surface area contributed by atoms with Crippen molar-refractivity contribution >= 4 is 16.3 Å². The number of imidazole rings is 1. The van der Waals surface area contributed by atoms with Gasteiger partial charge < -0.3 is 5.32 Å². The molecule has 1 aliphatic rings. The highest BCUT2D eigenvalue weighted by Crippen LogP contribution is 2.39. The Bertz CT molecular complexity index is 734. The third-order valence-corrected chi connectivity index (χ3v) is 4.46. The normalized spacial score (nSPS) is 15.2. The average Bonchev–Trinajstić information content (AvgIpc) is 2.89. The van der Waals surface area contributed by atoms with Gasteiger partial charge in [0.2, 0.25) is 0 Å². The molecule has 6 heteroatoms. The molecule has 0 bridgehead atoms. The summed E-state index contributed by atoms with van der Waals surface area (Å²) >= 11 is 1.66. The highest BCUT2D eigenvalue weighted by molar-refractivity contribution is 7.15. The fourth-order valence-electron chi connectivity index (χ4n) is 2.47. The Morgan fingerprint density at radius 2 is 2.30 bits per heavy atom. The zero-order valence-electron chi connectivity index (χ0n) is 11.4. The van der Waals surface area contributed by atoms with Crippen LogP contribution in [0.1, 0.15) is 37.1 Å². The first-order chi connectivity index (χ1) is 9.86. The van der Waals surface area contributed by atoms with Gasteiger partial charge in [0.1, 0.15) is 0 Å². The first-order valence-electron chi connectivity index (χ1n) is 7.08. The van der Waals surface area contributed by atoms with Crippen LogP contribution < -0.4 is 5.32 Å². The van der Waals surface area contributed by atoms with Crippen LogP contribution in [-0.2, 0) is 6.54 Å². The largest absolute Gasteiger partial charge is 0.311 e. The first-order valence-corrected chi connectivity index (χ1v) is 7.96. The molecule has 3 aromatic heterocycles. The van der Waals surface area contributed by atoms with Gasteiger partial charge in [-0.2, -0.15) is 10.1 Å². The van der Waals surface area contributed by atoms with Crippen molar-refractivity contribution in [1.82, 2.24) is 24.5 Å². The highest BCUT2D eigenvalue weighted by Gasteiger charge is 2.26. The molecule has 1 N–H and O–H groups in total. The van der Waals surface area contributed by atoms with Crippen LogP contribution in [0.4, 0.5) is 0 Å². The van der Waals surface area contributed by atoms with Crippen LogP contribution in [0.25, 0.3) is 10.8 Å². The van der Waals surface area contributed by atoms with Crippen molar-refractivity contribution in [2.45, 2.75) is 32.2 Å². The molecule has 4 rings (SSSR count). The number of hydrogen-bond acceptors (Lipinski definition) is 4. The topological polar surface area (TPSA) is 47.2 Å². The lowest BCUT2D eigenvalue weighted by Crippen LogP contribution is -2.15. The van der Waals surface area contributed by atoms with E-state index in [0.29, 0.717) is 5.92 Å². The number of nitrogens with one attached hydrogen (secondary N) is 1. The molecule has 1 fully saturated rings. The summed E-state index contributed by atoms with van der Waals surface area (Å²) in [6.07, 6.45) is 6.67. The molecule has 0 aromatic carbocycles. The minimum Gasteiger partial charge on any atom is -0.311 e. The van der Waals surface area contributed by atoms with Gasteiger partial charge in [-0.1, -0.05) is 6.92 Å². The van der Waals surface area contributed by atoms with Crippen LogP contribution in [0.5, 0.6) is 0 Å². The standard InChI is InChI=1S/C14H17N5S/c1-2-15-9-12-13(16-14-18(12)7-8-20-14)19-6-5-11(17-19)10-3-4-10/h5-8,10,15H,2-4,9H2,1H3. The first kappa shape index (κ1) is 12.1. The van der Waals surface area contributed by atoms with Gasteiger partial charge in [0, 0.05) is 30.2 Å². The van der Waals surface area contributed by atoms with Gasteiger partial charge in [-0.05, 0) is 25.5 Å². The van der Waals surface area contributed by atoms with Crippen LogP contribution in [0.15, 0.2) is 23.8 Å². The van der Waals surface area contributed by atoms with Crippen LogP contribution in [0.3, 0.4) is 0 Å². The van der Waals surface area contributed by atoms with E-state index in [1.54, 1.807) is 11.3 Å². The molecule has 3 aromatic rings. The number of rotatable bonds is 5. The van der Waals surface area contributed by atoms with Gasteiger partial charge in [0.05, 0.1) is 11.4 Å². The summed E-state index contributed by atoms with van der Waals surface area (Å²) in [5.74, 6) is 1.63. The van der Waals surface area contributed by atoms with E-state index in [1.807, 2.05) is 10.9 Å². The lowest BCUT2D eigenvalue weighted by Gasteiger charge is -2.04. The molecule has 0 amide bonds. The van der Waals surface area contributed by atoms with Gasteiger partial charge in [-0.3, -0.25) is 4.40 Å². The quantitative estimate of drug-likeness (QED) is 0.784. The molecule has 3 heterocycles. The predicted molar refractivity (Wildman–Crippen MR) is 79.5 cm³/mol. The molecule has 20 heavy (non-hydrogen) atoms. The molecule has 1 aliphatic carbocycles. The molecule has 0 aliphatic heterocycles. The monoisotopic (exact) mass is 287 g/mol. The van der Waals surface area contributed by atoms with E-state index in [1.165, 1.54) is 24.2 Å². The fourth-order valence-corrected chi connectivity index (χ4v) is 3.19. The van der Waals surface area contributed by atoms with Crippen molar-refractivity contribution in [3.63, 3.8) is 0 Å². The smallest absolute Gasteiger partial charge is 0.196 e. The van der Waals surface area contributed by atoms with Crippen LogP contribution >= 0.6 is 11.3 Å². The molecule has 0 saturated heterocycles. The molecule has 0 spiro atoms. The Kier molecular flexibility index (Phi) is 2.85.